The van der Waals surface area contributed by atoms with Gasteiger partial charge in [-0.2, -0.15) is 0 Å². The Morgan fingerprint density at radius 2 is 2.08 bits per heavy atom. The van der Waals surface area contributed by atoms with Gasteiger partial charge in [0.05, 0.1) is 5.52 Å². The van der Waals surface area contributed by atoms with Gasteiger partial charge in [0.2, 0.25) is 0 Å². The minimum Gasteiger partial charge on any atom is -0.366 e. The summed E-state index contributed by atoms with van der Waals surface area (Å²) in [5, 5.41) is 4.83. The van der Waals surface area contributed by atoms with Crippen molar-refractivity contribution < 1.29 is 0 Å². The van der Waals surface area contributed by atoms with Gasteiger partial charge in [-0.3, -0.25) is 9.88 Å². The first kappa shape index (κ1) is 16.0. The number of likely N-dealkylation sites (tertiary alicyclic amines) is 1. The lowest BCUT2D eigenvalue weighted by Gasteiger charge is -2.33. The Kier molecular flexibility index (Phi) is 4.57. The van der Waals surface area contributed by atoms with Crippen molar-refractivity contribution in [2.45, 2.75) is 32.4 Å². The molecule has 0 amide bonds. The molecule has 5 heteroatoms. The van der Waals surface area contributed by atoms with Gasteiger partial charge in [-0.25, -0.2) is 9.97 Å². The largest absolute Gasteiger partial charge is 0.366 e. The molecule has 3 aromatic rings. The summed E-state index contributed by atoms with van der Waals surface area (Å²) in [6.45, 7) is 5.12. The van der Waals surface area contributed by atoms with Crippen LogP contribution in [0.5, 0.6) is 0 Å². The number of piperidine rings is 1. The van der Waals surface area contributed by atoms with E-state index < -0.39 is 0 Å². The fourth-order valence-electron chi connectivity index (χ4n) is 3.59. The highest BCUT2D eigenvalue weighted by molar-refractivity contribution is 5.81. The molecule has 128 valence electrons. The van der Waals surface area contributed by atoms with Crippen LogP contribution < -0.4 is 5.32 Å². The number of rotatable bonds is 4. The number of hydrogen-bond donors (Lipinski definition) is 1. The van der Waals surface area contributed by atoms with Crippen LogP contribution in [0.15, 0.2) is 48.9 Å². The highest BCUT2D eigenvalue weighted by atomic mass is 15.2. The third-order valence-corrected chi connectivity index (χ3v) is 4.79. The van der Waals surface area contributed by atoms with Crippen molar-refractivity contribution in [2.24, 2.45) is 0 Å². The molecule has 1 aliphatic heterocycles. The van der Waals surface area contributed by atoms with E-state index in [1.165, 1.54) is 23.8 Å². The van der Waals surface area contributed by atoms with E-state index in [0.717, 1.165) is 36.7 Å². The molecular formula is C20H23N5. The third-order valence-electron chi connectivity index (χ3n) is 4.79. The molecule has 5 nitrogen and oxygen atoms in total. The Bertz CT molecular complexity index is 858. The first-order valence-electron chi connectivity index (χ1n) is 8.88. The van der Waals surface area contributed by atoms with Crippen molar-refractivity contribution in [3.8, 4) is 0 Å². The van der Waals surface area contributed by atoms with E-state index in [9.17, 15) is 0 Å². The van der Waals surface area contributed by atoms with Crippen LogP contribution in [0.3, 0.4) is 0 Å². The highest BCUT2D eigenvalue weighted by Crippen LogP contribution is 2.21. The molecule has 0 radical (unpaired) electrons. The molecule has 1 N–H and O–H groups in total. The lowest BCUT2D eigenvalue weighted by Crippen LogP contribution is -2.41. The summed E-state index contributed by atoms with van der Waals surface area (Å²) < 4.78 is 0. The van der Waals surface area contributed by atoms with E-state index in [4.69, 9.17) is 0 Å². The lowest BCUT2D eigenvalue weighted by molar-refractivity contribution is 0.209. The van der Waals surface area contributed by atoms with Crippen molar-refractivity contribution >= 4 is 16.7 Å². The van der Waals surface area contributed by atoms with Crippen LogP contribution >= 0.6 is 0 Å². The first-order chi connectivity index (χ1) is 12.3. The first-order valence-corrected chi connectivity index (χ1v) is 8.88. The number of anilines is 1. The number of nitrogens with one attached hydrogen (secondary N) is 1. The van der Waals surface area contributed by atoms with Gasteiger partial charge in [0, 0.05) is 42.5 Å². The summed E-state index contributed by atoms with van der Waals surface area (Å²) in [4.78, 5) is 15.5. The minimum atomic E-state index is 0.427. The number of fused-ring (bicyclic) bond motifs is 1. The van der Waals surface area contributed by atoms with Gasteiger partial charge in [0.1, 0.15) is 12.1 Å². The van der Waals surface area contributed by atoms with E-state index in [2.05, 4.69) is 49.4 Å². The van der Waals surface area contributed by atoms with Crippen molar-refractivity contribution in [3.05, 3.63) is 60.2 Å². The van der Waals surface area contributed by atoms with Crippen LogP contribution in [-0.4, -0.2) is 39.0 Å². The SMILES string of the molecule is Cc1cc(NC2CCCN(Cc3ccnc4ccccc34)C2)ncn1. The van der Waals surface area contributed by atoms with Gasteiger partial charge in [-0.05, 0) is 44.0 Å². The molecule has 4 rings (SSSR count). The zero-order chi connectivity index (χ0) is 17.1. The summed E-state index contributed by atoms with van der Waals surface area (Å²) in [5.41, 5.74) is 3.42. The fraction of sp³-hybridized carbons (Fsp3) is 0.350. The van der Waals surface area contributed by atoms with Crippen LogP contribution in [0.4, 0.5) is 5.82 Å². The Balaban J connectivity index is 1.46. The molecule has 1 atom stereocenters. The quantitative estimate of drug-likeness (QED) is 0.793. The van der Waals surface area contributed by atoms with Crippen LogP contribution in [0, 0.1) is 6.92 Å². The van der Waals surface area contributed by atoms with Crippen molar-refractivity contribution in [1.82, 2.24) is 19.9 Å². The topological polar surface area (TPSA) is 53.9 Å². The van der Waals surface area contributed by atoms with Crippen LogP contribution in [0.1, 0.15) is 24.1 Å². The van der Waals surface area contributed by atoms with Crippen molar-refractivity contribution in [3.63, 3.8) is 0 Å². The zero-order valence-electron chi connectivity index (χ0n) is 14.5. The molecule has 1 fully saturated rings. The normalized spacial score (nSPS) is 18.4. The monoisotopic (exact) mass is 333 g/mol. The molecule has 0 aliphatic carbocycles. The lowest BCUT2D eigenvalue weighted by atomic mass is 10.0. The Hall–Kier alpha value is -2.53. The molecule has 1 unspecified atom stereocenters. The van der Waals surface area contributed by atoms with E-state index >= 15 is 0 Å². The Labute approximate surface area is 148 Å². The van der Waals surface area contributed by atoms with E-state index in [-0.39, 0.29) is 0 Å². The second kappa shape index (κ2) is 7.15. The summed E-state index contributed by atoms with van der Waals surface area (Å²) in [5.74, 6) is 0.925. The summed E-state index contributed by atoms with van der Waals surface area (Å²) in [6, 6.07) is 13.0. The average Bonchev–Trinajstić information content (AvgIpc) is 2.62. The Morgan fingerprint density at radius 3 is 3.00 bits per heavy atom. The number of benzene rings is 1. The van der Waals surface area contributed by atoms with Gasteiger partial charge >= 0.3 is 0 Å². The standard InChI is InChI=1S/C20H23N5/c1-15-11-20(23-14-22-15)24-17-5-4-10-25(13-17)12-16-8-9-21-19-7-3-2-6-18(16)19/h2-3,6-9,11,14,17H,4-5,10,12-13H2,1H3,(H,22,23,24). The predicted molar refractivity (Wildman–Crippen MR) is 100 cm³/mol. The van der Waals surface area contributed by atoms with E-state index in [0.29, 0.717) is 6.04 Å². The molecule has 2 aromatic heterocycles. The molecule has 25 heavy (non-hydrogen) atoms. The highest BCUT2D eigenvalue weighted by Gasteiger charge is 2.20. The molecular weight excluding hydrogens is 310 g/mol. The summed E-state index contributed by atoms with van der Waals surface area (Å²) >= 11 is 0. The molecule has 1 aliphatic rings. The second-order valence-corrected chi connectivity index (χ2v) is 6.75. The van der Waals surface area contributed by atoms with Gasteiger partial charge in [-0.1, -0.05) is 18.2 Å². The van der Waals surface area contributed by atoms with E-state index in [1.807, 2.05) is 25.3 Å². The van der Waals surface area contributed by atoms with Crippen LogP contribution in [-0.2, 0) is 6.54 Å². The molecule has 0 bridgehead atoms. The fourth-order valence-corrected chi connectivity index (χ4v) is 3.59. The smallest absolute Gasteiger partial charge is 0.129 e. The van der Waals surface area contributed by atoms with Gasteiger partial charge in [0.25, 0.3) is 0 Å². The van der Waals surface area contributed by atoms with E-state index in [1.54, 1.807) is 6.33 Å². The maximum Gasteiger partial charge on any atom is 0.129 e. The molecule has 3 heterocycles. The van der Waals surface area contributed by atoms with Gasteiger partial charge < -0.3 is 5.32 Å². The number of nitrogens with zero attached hydrogens (tertiary/aromatic N) is 4. The molecule has 0 saturated carbocycles. The maximum atomic E-state index is 4.47. The molecule has 1 saturated heterocycles. The summed E-state index contributed by atoms with van der Waals surface area (Å²) in [7, 11) is 0. The Morgan fingerprint density at radius 1 is 1.16 bits per heavy atom. The molecule has 0 spiro atoms. The third kappa shape index (κ3) is 3.77. The number of para-hydroxylation sites is 1. The minimum absolute atomic E-state index is 0.427. The van der Waals surface area contributed by atoms with Crippen molar-refractivity contribution in [2.75, 3.05) is 18.4 Å². The van der Waals surface area contributed by atoms with Crippen LogP contribution in [0.25, 0.3) is 10.9 Å². The predicted octanol–water partition coefficient (Wildman–Crippen LogP) is 3.41. The zero-order valence-corrected chi connectivity index (χ0v) is 14.5. The number of hydrogen-bond acceptors (Lipinski definition) is 5. The maximum absolute atomic E-state index is 4.47. The number of aromatic nitrogens is 3. The summed E-state index contributed by atoms with van der Waals surface area (Å²) in [6.07, 6.45) is 5.92. The average molecular weight is 333 g/mol. The van der Waals surface area contributed by atoms with Crippen LogP contribution in [0.2, 0.25) is 0 Å². The van der Waals surface area contributed by atoms with Gasteiger partial charge in [0.15, 0.2) is 0 Å². The number of aryl methyl sites for hydroxylation is 1. The van der Waals surface area contributed by atoms with Gasteiger partial charge in [-0.15, -0.1) is 0 Å². The number of pyridine rings is 1. The second-order valence-electron chi connectivity index (χ2n) is 6.75. The molecule has 1 aromatic carbocycles. The van der Waals surface area contributed by atoms with Crippen molar-refractivity contribution in [1.29, 1.82) is 0 Å².